The third kappa shape index (κ3) is 7.12. The van der Waals surface area contributed by atoms with Crippen LogP contribution in [0.3, 0.4) is 0 Å². The molecule has 0 saturated carbocycles. The van der Waals surface area contributed by atoms with E-state index in [0.717, 1.165) is 0 Å². The number of rotatable bonds is 11. The highest BCUT2D eigenvalue weighted by molar-refractivity contribution is 6.60. The highest BCUT2D eigenvalue weighted by Gasteiger charge is 2.40. The summed E-state index contributed by atoms with van der Waals surface area (Å²) in [6.45, 7) is 10.2. The van der Waals surface area contributed by atoms with E-state index in [4.69, 9.17) is 23.7 Å². The smallest absolute Gasteiger partial charge is 0.374 e. The SMILES string of the molecule is CCOC(N)CC[Si](OCC)(OCC)OCC. The van der Waals surface area contributed by atoms with Crippen molar-refractivity contribution in [3.8, 4) is 0 Å². The van der Waals surface area contributed by atoms with Gasteiger partial charge in [-0.1, -0.05) is 0 Å². The Morgan fingerprint density at radius 1 is 0.882 bits per heavy atom. The van der Waals surface area contributed by atoms with Gasteiger partial charge in [-0.05, 0) is 34.1 Å². The Kier molecular flexibility index (Phi) is 10.00. The number of hydrogen-bond donors (Lipinski definition) is 1. The van der Waals surface area contributed by atoms with Gasteiger partial charge in [-0.15, -0.1) is 0 Å². The summed E-state index contributed by atoms with van der Waals surface area (Å²) in [6, 6.07) is 0.698. The molecule has 1 atom stereocenters. The molecule has 0 aromatic rings. The lowest BCUT2D eigenvalue weighted by Gasteiger charge is -2.29. The van der Waals surface area contributed by atoms with Crippen LogP contribution in [0.4, 0.5) is 0 Å². The molecule has 0 fully saturated rings. The molecule has 0 saturated heterocycles. The Balaban J connectivity index is 4.32. The topological polar surface area (TPSA) is 62.9 Å². The monoisotopic (exact) mass is 265 g/mol. The molecule has 1 unspecified atom stereocenters. The summed E-state index contributed by atoms with van der Waals surface area (Å²) < 4.78 is 22.5. The fourth-order valence-electron chi connectivity index (χ4n) is 1.62. The van der Waals surface area contributed by atoms with E-state index < -0.39 is 8.80 Å². The van der Waals surface area contributed by atoms with Crippen LogP contribution >= 0.6 is 0 Å². The first-order valence-corrected chi connectivity index (χ1v) is 8.36. The summed E-state index contributed by atoms with van der Waals surface area (Å²) in [5.74, 6) is 0. The molecule has 0 heterocycles. The minimum absolute atomic E-state index is 0.270. The molecule has 0 aliphatic carbocycles. The third-order valence-electron chi connectivity index (χ3n) is 2.21. The normalized spacial score (nSPS) is 13.9. The van der Waals surface area contributed by atoms with E-state index in [1.165, 1.54) is 0 Å². The molecule has 17 heavy (non-hydrogen) atoms. The first kappa shape index (κ1) is 17.0. The quantitative estimate of drug-likeness (QED) is 0.455. The van der Waals surface area contributed by atoms with E-state index in [1.54, 1.807) is 0 Å². The largest absolute Gasteiger partial charge is 0.501 e. The second kappa shape index (κ2) is 9.99. The van der Waals surface area contributed by atoms with Gasteiger partial charge in [0.2, 0.25) is 0 Å². The van der Waals surface area contributed by atoms with Gasteiger partial charge < -0.3 is 23.7 Å². The first-order valence-electron chi connectivity index (χ1n) is 6.43. The number of nitrogens with two attached hydrogens (primary N) is 1. The highest BCUT2D eigenvalue weighted by Crippen LogP contribution is 2.19. The zero-order valence-electron chi connectivity index (χ0n) is 11.5. The predicted octanol–water partition coefficient (Wildman–Crippen LogP) is 1.75. The van der Waals surface area contributed by atoms with Crippen molar-refractivity contribution in [2.75, 3.05) is 26.4 Å². The van der Waals surface area contributed by atoms with Crippen LogP contribution in [0.1, 0.15) is 34.1 Å². The first-order chi connectivity index (χ1) is 8.14. The Labute approximate surface area is 106 Å². The van der Waals surface area contributed by atoms with E-state index in [0.29, 0.717) is 38.9 Å². The van der Waals surface area contributed by atoms with Gasteiger partial charge in [-0.25, -0.2) is 0 Å². The van der Waals surface area contributed by atoms with Crippen molar-refractivity contribution in [3.63, 3.8) is 0 Å². The van der Waals surface area contributed by atoms with Crippen molar-refractivity contribution in [2.24, 2.45) is 5.73 Å². The summed E-state index contributed by atoms with van der Waals surface area (Å²) in [6.07, 6.45) is 0.424. The van der Waals surface area contributed by atoms with Crippen molar-refractivity contribution in [3.05, 3.63) is 0 Å². The van der Waals surface area contributed by atoms with Gasteiger partial charge in [0, 0.05) is 32.5 Å². The summed E-state index contributed by atoms with van der Waals surface area (Å²) in [5.41, 5.74) is 5.81. The number of hydrogen-bond acceptors (Lipinski definition) is 5. The maximum Gasteiger partial charge on any atom is 0.501 e. The van der Waals surface area contributed by atoms with E-state index in [1.807, 2.05) is 27.7 Å². The molecule has 6 heteroatoms. The molecule has 104 valence electrons. The van der Waals surface area contributed by atoms with Gasteiger partial charge in [-0.2, -0.15) is 0 Å². The number of ether oxygens (including phenoxy) is 1. The molecule has 0 aromatic heterocycles. The molecular weight excluding hydrogens is 238 g/mol. The molecule has 2 N–H and O–H groups in total. The van der Waals surface area contributed by atoms with Gasteiger partial charge in [0.25, 0.3) is 0 Å². The van der Waals surface area contributed by atoms with Crippen LogP contribution in [0, 0.1) is 0 Å². The Morgan fingerprint density at radius 3 is 1.71 bits per heavy atom. The van der Waals surface area contributed by atoms with Crippen LogP contribution in [0.5, 0.6) is 0 Å². The molecule has 0 aliphatic rings. The second-order valence-corrected chi connectivity index (χ2v) is 6.25. The summed E-state index contributed by atoms with van der Waals surface area (Å²) in [4.78, 5) is 0. The lowest BCUT2D eigenvalue weighted by molar-refractivity contribution is 0.0453. The van der Waals surface area contributed by atoms with Crippen LogP contribution in [0.15, 0.2) is 0 Å². The van der Waals surface area contributed by atoms with E-state index in [9.17, 15) is 0 Å². The maximum absolute atomic E-state index is 5.81. The molecule has 0 bridgehead atoms. The van der Waals surface area contributed by atoms with Gasteiger partial charge in [-0.3, -0.25) is 0 Å². The predicted molar refractivity (Wildman–Crippen MR) is 69.7 cm³/mol. The average molecular weight is 265 g/mol. The highest BCUT2D eigenvalue weighted by atomic mass is 28.4. The molecule has 0 spiro atoms. The Hall–Kier alpha value is 0.0169. The fraction of sp³-hybridized carbons (Fsp3) is 1.00. The molecule has 0 amide bonds. The van der Waals surface area contributed by atoms with Crippen molar-refractivity contribution >= 4 is 8.80 Å². The lowest BCUT2D eigenvalue weighted by Crippen LogP contribution is -2.47. The fourth-order valence-corrected chi connectivity index (χ4v) is 4.26. The van der Waals surface area contributed by atoms with Crippen molar-refractivity contribution in [1.29, 1.82) is 0 Å². The molecular formula is C11H27NO4Si. The Bertz CT molecular complexity index is 166. The summed E-state index contributed by atoms with van der Waals surface area (Å²) in [5, 5.41) is 0. The van der Waals surface area contributed by atoms with Gasteiger partial charge in [0.05, 0.1) is 0 Å². The van der Waals surface area contributed by atoms with E-state index >= 15 is 0 Å². The molecule has 0 aromatic carbocycles. The van der Waals surface area contributed by atoms with Crippen molar-refractivity contribution in [1.82, 2.24) is 0 Å². The summed E-state index contributed by atoms with van der Waals surface area (Å²) in [7, 11) is -2.55. The molecule has 5 nitrogen and oxygen atoms in total. The van der Waals surface area contributed by atoms with E-state index in [-0.39, 0.29) is 6.23 Å². The van der Waals surface area contributed by atoms with Crippen LogP contribution in [-0.4, -0.2) is 41.5 Å². The minimum atomic E-state index is -2.55. The molecule has 0 radical (unpaired) electrons. The third-order valence-corrected chi connectivity index (χ3v) is 5.30. The van der Waals surface area contributed by atoms with Crippen molar-refractivity contribution in [2.45, 2.75) is 46.4 Å². The molecule has 0 aliphatic heterocycles. The van der Waals surface area contributed by atoms with Crippen LogP contribution in [0.2, 0.25) is 6.04 Å². The zero-order valence-corrected chi connectivity index (χ0v) is 12.5. The van der Waals surface area contributed by atoms with Gasteiger partial charge >= 0.3 is 8.80 Å². The maximum atomic E-state index is 5.81. The van der Waals surface area contributed by atoms with Crippen molar-refractivity contribution < 1.29 is 18.0 Å². The van der Waals surface area contributed by atoms with E-state index in [2.05, 4.69) is 0 Å². The van der Waals surface area contributed by atoms with Gasteiger partial charge in [0.1, 0.15) is 6.23 Å². The van der Waals surface area contributed by atoms with Gasteiger partial charge in [0.15, 0.2) is 0 Å². The molecule has 0 rings (SSSR count). The van der Waals surface area contributed by atoms with Crippen LogP contribution < -0.4 is 5.73 Å². The second-order valence-electron chi connectivity index (χ2n) is 3.51. The van der Waals surface area contributed by atoms with Crippen LogP contribution in [-0.2, 0) is 18.0 Å². The minimum Gasteiger partial charge on any atom is -0.374 e. The standard InChI is InChI=1S/C11H27NO4Si/c1-5-13-11(12)9-10-17(14-6-2,15-7-3)16-8-4/h11H,5-10,12H2,1-4H3. The van der Waals surface area contributed by atoms with Crippen LogP contribution in [0.25, 0.3) is 0 Å². The lowest BCUT2D eigenvalue weighted by atomic mass is 10.4. The summed E-state index contributed by atoms with van der Waals surface area (Å²) >= 11 is 0. The zero-order chi connectivity index (χ0) is 13.1. The average Bonchev–Trinajstić information content (AvgIpc) is 2.28. The Morgan fingerprint density at radius 2 is 1.35 bits per heavy atom.